The van der Waals surface area contributed by atoms with E-state index in [1.165, 1.54) is 13.2 Å². The third-order valence-electron chi connectivity index (χ3n) is 2.76. The number of carboxylic acids is 1. The van der Waals surface area contributed by atoms with E-state index < -0.39 is 16.0 Å². The summed E-state index contributed by atoms with van der Waals surface area (Å²) in [5.41, 5.74) is -0.297. The second kappa shape index (κ2) is 7.11. The topological polar surface area (TPSA) is 92.7 Å². The highest BCUT2D eigenvalue weighted by Gasteiger charge is 2.25. The number of ether oxygens (including phenoxy) is 1. The molecule has 2 N–H and O–H groups in total. The number of nitrogens with one attached hydrogen (secondary N) is 1. The Kier molecular flexibility index (Phi) is 6.00. The summed E-state index contributed by atoms with van der Waals surface area (Å²) in [6.45, 7) is 4.19. The molecule has 0 bridgehead atoms. The second-order valence-corrected chi connectivity index (χ2v) is 7.04. The van der Waals surface area contributed by atoms with Crippen LogP contribution in [0.2, 0.25) is 5.02 Å². The molecular weight excluding hydrogens is 318 g/mol. The lowest BCUT2D eigenvalue weighted by molar-refractivity contribution is 0.0693. The van der Waals surface area contributed by atoms with E-state index in [0.29, 0.717) is 12.3 Å². The van der Waals surface area contributed by atoms with Crippen LogP contribution < -0.4 is 9.46 Å². The lowest BCUT2D eigenvalue weighted by atomic mass is 10.1. The van der Waals surface area contributed by atoms with Crippen molar-refractivity contribution in [1.29, 1.82) is 0 Å². The van der Waals surface area contributed by atoms with E-state index in [1.807, 2.05) is 13.8 Å². The van der Waals surface area contributed by atoms with Crippen LogP contribution in [-0.4, -0.2) is 33.1 Å². The average Bonchev–Trinajstić information content (AvgIpc) is 2.36. The third-order valence-corrected chi connectivity index (χ3v) is 4.44. The maximum atomic E-state index is 12.3. The lowest BCUT2D eigenvalue weighted by Crippen LogP contribution is -2.26. The van der Waals surface area contributed by atoms with Gasteiger partial charge >= 0.3 is 5.97 Å². The molecule has 0 aliphatic heterocycles. The summed E-state index contributed by atoms with van der Waals surface area (Å²) in [6, 6.07) is 2.32. The van der Waals surface area contributed by atoms with Crippen molar-refractivity contribution in [3.63, 3.8) is 0 Å². The Morgan fingerprint density at radius 2 is 2.05 bits per heavy atom. The van der Waals surface area contributed by atoms with Gasteiger partial charge in [-0.05, 0) is 24.5 Å². The maximum absolute atomic E-state index is 12.3. The first-order chi connectivity index (χ1) is 9.69. The molecule has 8 heteroatoms. The van der Waals surface area contributed by atoms with Crippen LogP contribution in [0.5, 0.6) is 5.75 Å². The number of hydrogen-bond acceptors (Lipinski definition) is 4. The molecule has 1 aromatic carbocycles. The van der Waals surface area contributed by atoms with Crippen molar-refractivity contribution in [2.24, 2.45) is 5.92 Å². The summed E-state index contributed by atoms with van der Waals surface area (Å²) in [4.78, 5) is 10.9. The molecule has 118 valence electrons. The van der Waals surface area contributed by atoms with Crippen LogP contribution >= 0.6 is 11.6 Å². The molecule has 0 aliphatic rings. The van der Waals surface area contributed by atoms with Crippen LogP contribution in [0.4, 0.5) is 0 Å². The summed E-state index contributed by atoms with van der Waals surface area (Å²) in [5, 5.41) is 9.12. The van der Waals surface area contributed by atoms with Crippen LogP contribution in [0.3, 0.4) is 0 Å². The zero-order valence-corrected chi connectivity index (χ0v) is 13.6. The Morgan fingerprint density at radius 1 is 1.43 bits per heavy atom. The number of rotatable bonds is 7. The van der Waals surface area contributed by atoms with Crippen molar-refractivity contribution in [2.75, 3.05) is 13.7 Å². The highest BCUT2D eigenvalue weighted by molar-refractivity contribution is 7.89. The molecule has 0 saturated heterocycles. The summed E-state index contributed by atoms with van der Waals surface area (Å²) >= 11 is 5.80. The van der Waals surface area contributed by atoms with Gasteiger partial charge in [0.25, 0.3) is 0 Å². The lowest BCUT2D eigenvalue weighted by Gasteiger charge is -2.14. The highest BCUT2D eigenvalue weighted by atomic mass is 35.5. The van der Waals surface area contributed by atoms with Gasteiger partial charge in [-0.3, -0.25) is 0 Å². The molecule has 1 rings (SSSR count). The third kappa shape index (κ3) is 4.59. The van der Waals surface area contributed by atoms with Gasteiger partial charge in [0.2, 0.25) is 10.0 Å². The number of aromatic carboxylic acids is 1. The van der Waals surface area contributed by atoms with Crippen molar-refractivity contribution >= 4 is 27.6 Å². The Bertz CT molecular complexity index is 628. The summed E-state index contributed by atoms with van der Waals surface area (Å²) in [7, 11) is -2.69. The smallest absolute Gasteiger partial charge is 0.339 e. The predicted molar refractivity (Wildman–Crippen MR) is 79.6 cm³/mol. The molecule has 0 fully saturated rings. The fourth-order valence-electron chi connectivity index (χ4n) is 1.70. The minimum Gasteiger partial charge on any atom is -0.494 e. The van der Waals surface area contributed by atoms with Crippen molar-refractivity contribution in [2.45, 2.75) is 25.2 Å². The molecule has 0 unspecified atom stereocenters. The first kappa shape index (κ1) is 17.7. The Labute approximate surface area is 129 Å². The number of carbonyl (C=O) groups is 1. The summed E-state index contributed by atoms with van der Waals surface area (Å²) in [6.07, 6.45) is 0.661. The monoisotopic (exact) mass is 335 g/mol. The first-order valence-corrected chi connectivity index (χ1v) is 8.15. The molecule has 0 atom stereocenters. The predicted octanol–water partition coefficient (Wildman–Crippen LogP) is 2.37. The largest absolute Gasteiger partial charge is 0.494 e. The van der Waals surface area contributed by atoms with Gasteiger partial charge in [0.05, 0.1) is 7.11 Å². The maximum Gasteiger partial charge on any atom is 0.339 e. The SMILES string of the molecule is COc1c(C(=O)O)cc(Cl)cc1S(=O)(=O)NCCC(C)C. The Morgan fingerprint density at radius 3 is 2.52 bits per heavy atom. The molecule has 1 aromatic rings. The van der Waals surface area contributed by atoms with E-state index in [1.54, 1.807) is 0 Å². The van der Waals surface area contributed by atoms with E-state index in [0.717, 1.165) is 6.07 Å². The van der Waals surface area contributed by atoms with Crippen LogP contribution in [0.1, 0.15) is 30.6 Å². The molecule has 0 amide bonds. The molecule has 0 aromatic heterocycles. The van der Waals surface area contributed by atoms with Gasteiger partial charge in [-0.2, -0.15) is 0 Å². The van der Waals surface area contributed by atoms with E-state index >= 15 is 0 Å². The van der Waals surface area contributed by atoms with E-state index in [9.17, 15) is 13.2 Å². The number of carboxylic acid groups (broad SMARTS) is 1. The van der Waals surface area contributed by atoms with Crippen molar-refractivity contribution < 1.29 is 23.1 Å². The summed E-state index contributed by atoms with van der Waals surface area (Å²) in [5.74, 6) is -1.21. The van der Waals surface area contributed by atoms with Crippen LogP contribution in [0.15, 0.2) is 17.0 Å². The second-order valence-electron chi connectivity index (χ2n) is 4.87. The molecule has 6 nitrogen and oxygen atoms in total. The van der Waals surface area contributed by atoms with E-state index in [2.05, 4.69) is 4.72 Å². The van der Waals surface area contributed by atoms with Gasteiger partial charge in [0, 0.05) is 11.6 Å². The van der Waals surface area contributed by atoms with Crippen molar-refractivity contribution in [3.8, 4) is 5.75 Å². The molecule has 21 heavy (non-hydrogen) atoms. The number of benzene rings is 1. The number of methoxy groups -OCH3 is 1. The normalized spacial score (nSPS) is 11.7. The standard InChI is InChI=1S/C13H18ClNO5S/c1-8(2)4-5-15-21(18,19)11-7-9(14)6-10(13(16)17)12(11)20-3/h6-8,15H,4-5H2,1-3H3,(H,16,17). The van der Waals surface area contributed by atoms with Crippen LogP contribution in [0.25, 0.3) is 0 Å². The zero-order chi connectivity index (χ0) is 16.2. The minimum atomic E-state index is -3.90. The fraction of sp³-hybridized carbons (Fsp3) is 0.462. The number of sulfonamides is 1. The zero-order valence-electron chi connectivity index (χ0n) is 12.0. The van der Waals surface area contributed by atoms with E-state index in [4.69, 9.17) is 21.4 Å². The Balaban J connectivity index is 3.25. The van der Waals surface area contributed by atoms with E-state index in [-0.39, 0.29) is 27.8 Å². The molecule has 0 heterocycles. The molecule has 0 saturated carbocycles. The molecule has 0 spiro atoms. The highest BCUT2D eigenvalue weighted by Crippen LogP contribution is 2.31. The average molecular weight is 336 g/mol. The van der Waals surface area contributed by atoms with Crippen molar-refractivity contribution in [3.05, 3.63) is 22.7 Å². The number of halogens is 1. The molecule has 0 radical (unpaired) electrons. The van der Waals surface area contributed by atoms with Gasteiger partial charge in [-0.25, -0.2) is 17.9 Å². The van der Waals surface area contributed by atoms with Gasteiger partial charge < -0.3 is 9.84 Å². The molecule has 0 aliphatic carbocycles. The fourth-order valence-corrected chi connectivity index (χ4v) is 3.24. The minimum absolute atomic E-state index is 0.0115. The molecular formula is C13H18ClNO5S. The van der Waals surface area contributed by atoms with Gasteiger partial charge in [-0.15, -0.1) is 0 Å². The quantitative estimate of drug-likeness (QED) is 0.798. The van der Waals surface area contributed by atoms with Gasteiger partial charge in [0.15, 0.2) is 5.75 Å². The first-order valence-electron chi connectivity index (χ1n) is 6.29. The Hall–Kier alpha value is -1.31. The van der Waals surface area contributed by atoms with Gasteiger partial charge in [-0.1, -0.05) is 25.4 Å². The van der Waals surface area contributed by atoms with Crippen molar-refractivity contribution in [1.82, 2.24) is 4.72 Å². The van der Waals surface area contributed by atoms with Crippen LogP contribution in [0, 0.1) is 5.92 Å². The number of hydrogen-bond donors (Lipinski definition) is 2. The van der Waals surface area contributed by atoms with Gasteiger partial charge in [0.1, 0.15) is 10.5 Å². The van der Waals surface area contributed by atoms with Crippen LogP contribution in [-0.2, 0) is 10.0 Å². The summed E-state index contributed by atoms with van der Waals surface area (Å²) < 4.78 is 31.9.